The minimum absolute atomic E-state index is 0.201. The molecule has 110 valence electrons. The van der Waals surface area contributed by atoms with Crippen molar-refractivity contribution in [3.05, 3.63) is 11.8 Å². The van der Waals surface area contributed by atoms with E-state index in [4.69, 9.17) is 9.47 Å². The summed E-state index contributed by atoms with van der Waals surface area (Å²) in [6.45, 7) is 11.4. The summed E-state index contributed by atoms with van der Waals surface area (Å²) < 4.78 is 11.8. The zero-order valence-electron chi connectivity index (χ0n) is 12.5. The summed E-state index contributed by atoms with van der Waals surface area (Å²) in [6, 6.07) is 0.792. The predicted molar refractivity (Wildman–Crippen MR) is 77.2 cm³/mol. The first-order chi connectivity index (χ1) is 9.22. The van der Waals surface area contributed by atoms with Crippen molar-refractivity contribution in [1.29, 1.82) is 0 Å². The standard InChI is InChI=1S/C15H28N2O2/c1-4-7-16-15(13-6-5-9-18-13)14-11-17(12(2)3)8-10-19-14/h6,12,14-16H,4-5,7-11H2,1-3H3. The van der Waals surface area contributed by atoms with Crippen LogP contribution in [0.4, 0.5) is 0 Å². The molecule has 1 saturated heterocycles. The molecular formula is C15H28N2O2. The fourth-order valence-electron chi connectivity index (χ4n) is 2.74. The molecule has 0 saturated carbocycles. The molecule has 0 spiro atoms. The maximum Gasteiger partial charge on any atom is 0.112 e. The fourth-order valence-corrected chi connectivity index (χ4v) is 2.74. The van der Waals surface area contributed by atoms with Crippen LogP contribution in [0.25, 0.3) is 0 Å². The Morgan fingerprint density at radius 2 is 2.26 bits per heavy atom. The van der Waals surface area contributed by atoms with Gasteiger partial charge in [-0.25, -0.2) is 0 Å². The van der Waals surface area contributed by atoms with Crippen LogP contribution in [0.3, 0.4) is 0 Å². The van der Waals surface area contributed by atoms with E-state index in [-0.39, 0.29) is 12.1 Å². The minimum atomic E-state index is 0.201. The van der Waals surface area contributed by atoms with E-state index < -0.39 is 0 Å². The van der Waals surface area contributed by atoms with Crippen LogP contribution in [0.5, 0.6) is 0 Å². The van der Waals surface area contributed by atoms with E-state index in [1.54, 1.807) is 0 Å². The number of hydrogen-bond acceptors (Lipinski definition) is 4. The van der Waals surface area contributed by atoms with Gasteiger partial charge in [-0.1, -0.05) is 6.92 Å². The van der Waals surface area contributed by atoms with E-state index in [0.29, 0.717) is 6.04 Å². The Morgan fingerprint density at radius 1 is 1.42 bits per heavy atom. The van der Waals surface area contributed by atoms with Gasteiger partial charge >= 0.3 is 0 Å². The first kappa shape index (κ1) is 14.8. The molecule has 2 unspecified atom stereocenters. The lowest BCUT2D eigenvalue weighted by atomic mass is 10.1. The highest BCUT2D eigenvalue weighted by Crippen LogP contribution is 2.21. The normalized spacial score (nSPS) is 26.3. The lowest BCUT2D eigenvalue weighted by molar-refractivity contribution is -0.0562. The molecule has 0 aromatic rings. The Morgan fingerprint density at radius 3 is 2.89 bits per heavy atom. The van der Waals surface area contributed by atoms with Gasteiger partial charge in [0.25, 0.3) is 0 Å². The second-order valence-electron chi connectivity index (χ2n) is 5.67. The molecule has 0 radical (unpaired) electrons. The summed E-state index contributed by atoms with van der Waals surface area (Å²) in [5.41, 5.74) is 0. The molecule has 1 fully saturated rings. The van der Waals surface area contributed by atoms with Crippen LogP contribution in [-0.2, 0) is 9.47 Å². The van der Waals surface area contributed by atoms with Gasteiger partial charge in [-0.05, 0) is 32.9 Å². The highest BCUT2D eigenvalue weighted by atomic mass is 16.5. The Labute approximate surface area is 117 Å². The largest absolute Gasteiger partial charge is 0.496 e. The van der Waals surface area contributed by atoms with Crippen molar-refractivity contribution in [2.24, 2.45) is 0 Å². The maximum atomic E-state index is 6.00. The number of morpholine rings is 1. The van der Waals surface area contributed by atoms with Crippen molar-refractivity contribution >= 4 is 0 Å². The van der Waals surface area contributed by atoms with Gasteiger partial charge < -0.3 is 14.8 Å². The Balaban J connectivity index is 2.00. The first-order valence-electron chi connectivity index (χ1n) is 7.64. The lowest BCUT2D eigenvalue weighted by Gasteiger charge is -2.39. The second-order valence-corrected chi connectivity index (χ2v) is 5.67. The number of nitrogens with one attached hydrogen (secondary N) is 1. The van der Waals surface area contributed by atoms with Crippen molar-refractivity contribution in [2.45, 2.75) is 51.8 Å². The summed E-state index contributed by atoms with van der Waals surface area (Å²) in [5, 5.41) is 3.60. The van der Waals surface area contributed by atoms with E-state index in [9.17, 15) is 0 Å². The summed E-state index contributed by atoms with van der Waals surface area (Å²) >= 11 is 0. The van der Waals surface area contributed by atoms with Crippen LogP contribution in [-0.4, -0.2) is 55.9 Å². The lowest BCUT2D eigenvalue weighted by Crippen LogP contribution is -2.54. The summed E-state index contributed by atoms with van der Waals surface area (Å²) in [7, 11) is 0. The zero-order chi connectivity index (χ0) is 13.7. The third-order valence-corrected chi connectivity index (χ3v) is 3.88. The van der Waals surface area contributed by atoms with Gasteiger partial charge in [-0.3, -0.25) is 4.90 Å². The fraction of sp³-hybridized carbons (Fsp3) is 0.867. The molecule has 2 aliphatic heterocycles. The van der Waals surface area contributed by atoms with Crippen molar-refractivity contribution in [1.82, 2.24) is 10.2 Å². The molecule has 2 rings (SSSR count). The molecule has 0 bridgehead atoms. The summed E-state index contributed by atoms with van der Waals surface area (Å²) in [5.74, 6) is 1.09. The van der Waals surface area contributed by atoms with Gasteiger partial charge in [-0.2, -0.15) is 0 Å². The number of rotatable bonds is 6. The van der Waals surface area contributed by atoms with Crippen molar-refractivity contribution in [3.8, 4) is 0 Å². The van der Waals surface area contributed by atoms with Crippen LogP contribution in [0.15, 0.2) is 11.8 Å². The molecule has 1 N–H and O–H groups in total. The molecule has 0 amide bonds. The topological polar surface area (TPSA) is 33.7 Å². The third-order valence-electron chi connectivity index (χ3n) is 3.88. The molecule has 2 atom stereocenters. The van der Waals surface area contributed by atoms with Gasteiger partial charge in [0.05, 0.1) is 25.4 Å². The third kappa shape index (κ3) is 3.94. The molecule has 4 nitrogen and oxygen atoms in total. The molecule has 0 aliphatic carbocycles. The van der Waals surface area contributed by atoms with Gasteiger partial charge in [0.1, 0.15) is 5.76 Å². The van der Waals surface area contributed by atoms with E-state index >= 15 is 0 Å². The monoisotopic (exact) mass is 268 g/mol. The van der Waals surface area contributed by atoms with Gasteiger partial charge in [0.15, 0.2) is 0 Å². The molecule has 0 aromatic heterocycles. The first-order valence-corrected chi connectivity index (χ1v) is 7.64. The molecule has 2 aliphatic rings. The molecule has 0 aromatic carbocycles. The van der Waals surface area contributed by atoms with Crippen LogP contribution < -0.4 is 5.32 Å². The number of ether oxygens (including phenoxy) is 2. The average Bonchev–Trinajstić information content (AvgIpc) is 2.93. The van der Waals surface area contributed by atoms with Crippen molar-refractivity contribution in [3.63, 3.8) is 0 Å². The Hall–Kier alpha value is -0.580. The van der Waals surface area contributed by atoms with Crippen LogP contribution >= 0.6 is 0 Å². The van der Waals surface area contributed by atoms with E-state index in [2.05, 4.69) is 37.1 Å². The van der Waals surface area contributed by atoms with Crippen molar-refractivity contribution in [2.75, 3.05) is 32.8 Å². The summed E-state index contributed by atoms with van der Waals surface area (Å²) in [6.07, 6.45) is 4.57. The molecule has 19 heavy (non-hydrogen) atoms. The van der Waals surface area contributed by atoms with Gasteiger partial charge in [-0.15, -0.1) is 0 Å². The Bertz CT molecular complexity index is 305. The highest BCUT2D eigenvalue weighted by Gasteiger charge is 2.32. The second kappa shape index (κ2) is 7.27. The van der Waals surface area contributed by atoms with Gasteiger partial charge in [0.2, 0.25) is 0 Å². The van der Waals surface area contributed by atoms with Gasteiger partial charge in [0, 0.05) is 25.6 Å². The average molecular weight is 268 g/mol. The van der Waals surface area contributed by atoms with Crippen LogP contribution in [0.1, 0.15) is 33.6 Å². The van der Waals surface area contributed by atoms with Crippen LogP contribution in [0, 0.1) is 0 Å². The molecule has 4 heteroatoms. The van der Waals surface area contributed by atoms with Crippen molar-refractivity contribution < 1.29 is 9.47 Å². The van der Waals surface area contributed by atoms with Crippen LogP contribution in [0.2, 0.25) is 0 Å². The maximum absolute atomic E-state index is 6.00. The SMILES string of the molecule is CCCNC(C1=CCCO1)C1CN(C(C)C)CCO1. The smallest absolute Gasteiger partial charge is 0.112 e. The van der Waals surface area contributed by atoms with E-state index in [0.717, 1.165) is 51.4 Å². The predicted octanol–water partition coefficient (Wildman–Crippen LogP) is 1.77. The molecule has 2 heterocycles. The number of nitrogens with zero attached hydrogens (tertiary/aromatic N) is 1. The highest BCUT2D eigenvalue weighted by molar-refractivity contribution is 5.11. The minimum Gasteiger partial charge on any atom is -0.496 e. The zero-order valence-corrected chi connectivity index (χ0v) is 12.5. The molecular weight excluding hydrogens is 240 g/mol. The number of hydrogen-bond donors (Lipinski definition) is 1. The van der Waals surface area contributed by atoms with E-state index in [1.807, 2.05) is 0 Å². The quantitative estimate of drug-likeness (QED) is 0.796. The summed E-state index contributed by atoms with van der Waals surface area (Å²) in [4.78, 5) is 2.49. The Kier molecular flexibility index (Phi) is 5.67. The van der Waals surface area contributed by atoms with E-state index in [1.165, 1.54) is 0 Å².